The summed E-state index contributed by atoms with van der Waals surface area (Å²) >= 11 is 8.37. The molecule has 10 aliphatic rings. The summed E-state index contributed by atoms with van der Waals surface area (Å²) in [7, 11) is 5.17. The second-order valence-electron chi connectivity index (χ2n) is 37.0. The third kappa shape index (κ3) is 24.6. The van der Waals surface area contributed by atoms with Gasteiger partial charge in [0.1, 0.15) is 90.5 Å². The van der Waals surface area contributed by atoms with Gasteiger partial charge in [-0.15, -0.1) is 0 Å². The minimum atomic E-state index is -1.30. The van der Waals surface area contributed by atoms with Crippen LogP contribution in [-0.4, -0.2) is 258 Å². The van der Waals surface area contributed by atoms with Crippen molar-refractivity contribution in [2.24, 2.45) is 0 Å². The van der Waals surface area contributed by atoms with Crippen molar-refractivity contribution in [2.45, 2.75) is 137 Å². The highest BCUT2D eigenvalue weighted by Crippen LogP contribution is 2.61. The van der Waals surface area contributed by atoms with Gasteiger partial charge < -0.3 is 78.3 Å². The van der Waals surface area contributed by atoms with Crippen LogP contribution >= 0.6 is 63.4 Å². The Kier molecular flexibility index (Phi) is 37.0. The molecule has 8 fully saturated rings. The lowest BCUT2D eigenvalue weighted by Gasteiger charge is -2.41. The van der Waals surface area contributed by atoms with Crippen molar-refractivity contribution < 1.29 is 85.8 Å². The van der Waals surface area contributed by atoms with Crippen molar-refractivity contribution in [1.29, 1.82) is 0 Å². The number of amides is 6. The van der Waals surface area contributed by atoms with E-state index in [2.05, 4.69) is 64.7 Å². The third-order valence-corrected chi connectivity index (χ3v) is 36.9. The van der Waals surface area contributed by atoms with E-state index < -0.39 is 91.2 Å². The van der Waals surface area contributed by atoms with E-state index in [1.54, 1.807) is 108 Å². The summed E-state index contributed by atoms with van der Waals surface area (Å²) in [5, 5.41) is 23.5. The first-order valence-corrected chi connectivity index (χ1v) is 56.3. The summed E-state index contributed by atoms with van der Waals surface area (Å²) < 4.78 is 81.5. The predicted octanol–water partition coefficient (Wildman–Crippen LogP) is 18.7. The molecule has 768 valence electrons. The molecule has 8 saturated heterocycles. The molecule has 11 atom stereocenters. The van der Waals surface area contributed by atoms with Gasteiger partial charge in [0.2, 0.25) is 10.2 Å². The van der Waals surface area contributed by atoms with Crippen molar-refractivity contribution >= 4 is 97.5 Å². The molecule has 0 radical (unpaired) electrons. The zero-order chi connectivity index (χ0) is 102. The average molecular weight is 2090 g/mol. The number of fused-ring (bicyclic) bond motifs is 4. The lowest BCUT2D eigenvalue weighted by Crippen LogP contribution is -2.59. The van der Waals surface area contributed by atoms with Crippen molar-refractivity contribution in [3.05, 3.63) is 358 Å². The maximum atomic E-state index is 14.2. The fourth-order valence-corrected chi connectivity index (χ4v) is 29.0. The van der Waals surface area contributed by atoms with Crippen molar-refractivity contribution in [3.63, 3.8) is 0 Å². The van der Waals surface area contributed by atoms with Gasteiger partial charge in [-0.25, -0.2) is 9.59 Å². The number of aliphatic hydroxyl groups is 1. The number of nitrogens with one attached hydrogen (secondary N) is 4. The fourth-order valence-electron chi connectivity index (χ4n) is 19.9. The van der Waals surface area contributed by atoms with E-state index >= 15 is 0 Å². The highest BCUT2D eigenvalue weighted by Gasteiger charge is 2.67. The molecule has 28 nitrogen and oxygen atoms in total. The first-order chi connectivity index (χ1) is 71.3. The molecule has 10 aromatic carbocycles. The van der Waals surface area contributed by atoms with E-state index in [-0.39, 0.29) is 56.8 Å². The number of aliphatic hydroxyl groups excluding tert-OH is 1. The van der Waals surface area contributed by atoms with Gasteiger partial charge in [-0.05, 0) is 188 Å². The van der Waals surface area contributed by atoms with Crippen LogP contribution in [0.3, 0.4) is 0 Å². The van der Waals surface area contributed by atoms with E-state index in [1.165, 1.54) is 111 Å². The molecule has 146 heavy (non-hydrogen) atoms. The van der Waals surface area contributed by atoms with Gasteiger partial charge >= 0.3 is 12.1 Å². The lowest BCUT2D eigenvalue weighted by molar-refractivity contribution is -0.205. The normalized spacial score (nSPS) is 23.1. The minimum Gasteiger partial charge on any atom is -0.497 e. The van der Waals surface area contributed by atoms with Gasteiger partial charge in [0.15, 0.2) is 20.0 Å². The number of methoxy groups -OCH3 is 4. The van der Waals surface area contributed by atoms with Crippen LogP contribution < -0.4 is 40.2 Å². The Labute approximate surface area is 875 Å². The molecule has 10 aliphatic heterocycles. The molecule has 0 aliphatic carbocycles. The van der Waals surface area contributed by atoms with Crippen LogP contribution in [0.2, 0.25) is 0 Å². The zero-order valence-electron chi connectivity index (χ0n) is 82.9. The number of ether oxygens (including phenoxy) is 10. The van der Waals surface area contributed by atoms with Crippen LogP contribution in [0.1, 0.15) is 140 Å². The molecule has 10 heterocycles. The second kappa shape index (κ2) is 50.7. The summed E-state index contributed by atoms with van der Waals surface area (Å²) in [6, 6.07) is 86.3. The summed E-state index contributed by atoms with van der Waals surface area (Å²) in [4.78, 5) is 81.0. The first kappa shape index (κ1) is 107. The van der Waals surface area contributed by atoms with Crippen LogP contribution in [-0.2, 0) is 44.1 Å². The van der Waals surface area contributed by atoms with Gasteiger partial charge in [-0.3, -0.25) is 47.7 Å². The SMILES string of the molecule is C1CCN(P(N2CCCC2)N2CCCC2)C1.COc1ccc(C(OC[C@@]23CO[C@@H]([C@H](N4C=C(C)C(NC(=O)c5ccccc5)NC4=O)O2)[C@@H]3O)(c2ccccc2)c2ccc(OC)cc2)cc1.COc1ccc(C(OC[C@@]23CO[C@@H]([C@H](N4C=C(C)C(NC(=O)c5ccccc5)NC4=O)O2)[C@@H]3OP(SCCSC(=O)c2ccccc2)N2CCCC2)(c2ccccc2)c2ccc(OC)cc2)cc1.O=C(SCCS)c1ccccc1. The zero-order valence-corrected chi connectivity index (χ0v) is 88.1. The molecule has 4 bridgehead atoms. The van der Waals surface area contributed by atoms with Crippen LogP contribution in [0.25, 0.3) is 0 Å². The number of carbonyl (C=O) groups excluding carboxylic acids is 6. The van der Waals surface area contributed by atoms with Gasteiger partial charge in [0.05, 0.1) is 54.9 Å². The van der Waals surface area contributed by atoms with E-state index in [0.717, 1.165) is 76.4 Å². The molecule has 0 saturated carbocycles. The van der Waals surface area contributed by atoms with E-state index in [0.29, 0.717) is 62.3 Å². The Morgan fingerprint density at radius 1 is 0.418 bits per heavy atom. The largest absolute Gasteiger partial charge is 0.497 e. The number of thioether (sulfide) groups is 2. The quantitative estimate of drug-likeness (QED) is 0.00920. The van der Waals surface area contributed by atoms with E-state index in [1.807, 2.05) is 225 Å². The maximum absolute atomic E-state index is 14.2. The molecule has 0 aromatic heterocycles. The standard InChI is InChI=1S/C52H55N4O9PS2.C39H39N3O8.C12H24N3P.C9H10OS2/c1-36-33-56(50(59)54-46(36)53-47(57)37-15-7-4-8-16-37)48-44-45(65-66(55-29-13-14-30-55)68-32-31-67-49(58)38-17-9-5-10-18-38)51(64-48,34-62-44)35-63-52(39-19-11-6-12-20-39,40-21-25-42(60-2)26-22-40)41-23-27-43(61-3)28-24-41;1-25-22-42(37(45)41-34(25)40-35(44)26-10-6-4-7-11-26)36-32-33(43)38(50-36,23-48-32)24-49-39(27-12-8-5-9-13-27,28-14-18-30(46-2)19-15-28)29-16-20-31(47-3)21-17-29;1-2-8-13(7-1)16(14-9-3-4-10-14)15-11-5-6-12-15;10-9(12-7-6-11)8-4-2-1-3-5-8/h4-12,15-28,33,44-46,48H,13-14,29-32,34-35H2,1-3H3,(H,53,57)(H,54,59);4-22,32-34,36,43H,23-24H2,1-3H3,(H,40,44)(H,41,45);1-12H2;1-5,11H,6-7H2/t44-,45+,46?,48-,51-,66?;32-,33+,34?,36-,38-;;/m11../s1. The Morgan fingerprint density at radius 3 is 1.10 bits per heavy atom. The summed E-state index contributed by atoms with van der Waals surface area (Å²) in [5.74, 6) is 4.95. The monoisotopic (exact) mass is 2090 g/mol. The Morgan fingerprint density at radius 2 is 0.733 bits per heavy atom. The number of rotatable bonds is 36. The third-order valence-electron chi connectivity index (χ3n) is 27.6. The molecule has 5 N–H and O–H groups in total. The summed E-state index contributed by atoms with van der Waals surface area (Å²) in [5.41, 5.74) is 4.01. The van der Waals surface area contributed by atoms with Crippen LogP contribution in [0.15, 0.2) is 303 Å². The summed E-state index contributed by atoms with van der Waals surface area (Å²) in [6.07, 6.45) is 7.35. The number of hydrogen-bond donors (Lipinski definition) is 6. The smallest absolute Gasteiger partial charge is 0.325 e. The molecule has 20 rings (SSSR count). The molecular weight excluding hydrogens is 1960 g/mol. The Hall–Kier alpha value is -10.5. The molecule has 6 amide bonds. The minimum absolute atomic E-state index is 0.000796. The molecule has 3 unspecified atom stereocenters. The number of nitrogens with zero attached hydrogens (tertiary/aromatic N) is 6. The predicted molar refractivity (Wildman–Crippen MR) is 576 cm³/mol. The van der Waals surface area contributed by atoms with E-state index in [9.17, 15) is 33.9 Å². The highest BCUT2D eigenvalue weighted by molar-refractivity contribution is 8.53. The maximum Gasteiger partial charge on any atom is 0.325 e. The number of thiol groups is 1. The Bertz CT molecular complexity index is 5890. The first-order valence-electron chi connectivity index (χ1n) is 49.7. The Balaban J connectivity index is 0.000000161. The fraction of sp³-hybridized carbons (Fsp3) is 0.375. The lowest BCUT2D eigenvalue weighted by atomic mass is 9.79. The van der Waals surface area contributed by atoms with Gasteiger partial charge in [-0.1, -0.05) is 241 Å². The van der Waals surface area contributed by atoms with Gasteiger partial charge in [0, 0.05) is 104 Å². The van der Waals surface area contributed by atoms with Crippen molar-refractivity contribution in [1.82, 2.24) is 49.7 Å². The summed E-state index contributed by atoms with van der Waals surface area (Å²) in [6.45, 7) is 13.7. The number of carbonyl (C=O) groups is 6. The highest BCUT2D eigenvalue weighted by atomic mass is 32.7. The van der Waals surface area contributed by atoms with Gasteiger partial charge in [-0.2, -0.15) is 12.6 Å². The topological polar surface area (TPSA) is 292 Å². The number of hydrogen-bond acceptors (Lipinski definition) is 26. The molecule has 34 heteroatoms. The number of urea groups is 2. The van der Waals surface area contributed by atoms with Crippen LogP contribution in [0.4, 0.5) is 9.59 Å². The average Bonchev–Trinajstić information content (AvgIpc) is 1.56. The molecule has 0 spiro atoms. The van der Waals surface area contributed by atoms with Crippen LogP contribution in [0.5, 0.6) is 23.0 Å². The molecule has 10 aromatic rings. The van der Waals surface area contributed by atoms with Crippen molar-refractivity contribution in [2.75, 3.05) is 130 Å². The second-order valence-corrected chi connectivity index (χ2v) is 45.4. The van der Waals surface area contributed by atoms with Gasteiger partial charge in [0.25, 0.3) is 11.8 Å². The van der Waals surface area contributed by atoms with E-state index in [4.69, 9.17) is 51.9 Å². The van der Waals surface area contributed by atoms with Crippen LogP contribution in [0, 0.1) is 0 Å². The number of benzene rings is 10. The van der Waals surface area contributed by atoms with Crippen molar-refractivity contribution in [3.8, 4) is 23.0 Å². The molecular formula is C112H128N10O18P2S4.